The summed E-state index contributed by atoms with van der Waals surface area (Å²) in [6.45, 7) is 8.47. The summed E-state index contributed by atoms with van der Waals surface area (Å²) in [6, 6.07) is 0. The molecule has 0 aromatic rings. The molecule has 0 bridgehead atoms. The molecule has 0 saturated heterocycles. The summed E-state index contributed by atoms with van der Waals surface area (Å²) >= 11 is 0. The van der Waals surface area contributed by atoms with E-state index >= 15 is 0 Å². The molecule has 6 nitrogen and oxygen atoms in total. The molecule has 0 heterocycles. The molecule has 1 N–H and O–H groups in total. The molecular formula is C14H24O6. The summed E-state index contributed by atoms with van der Waals surface area (Å²) in [5.74, 6) is -2.06. The summed E-state index contributed by atoms with van der Waals surface area (Å²) < 4.78 is 9.70. The lowest BCUT2D eigenvalue weighted by molar-refractivity contribution is -0.145. The maximum atomic E-state index is 11.8. The average Bonchev–Trinajstić information content (AvgIpc) is 2.22. The van der Waals surface area contributed by atoms with Gasteiger partial charge >= 0.3 is 12.1 Å². The number of aliphatic carboxylic acids is 1. The number of ether oxygens (including phenoxy) is 2. The molecule has 116 valence electrons. The highest BCUT2D eigenvalue weighted by molar-refractivity contribution is 5.84. The van der Waals surface area contributed by atoms with Crippen molar-refractivity contribution in [3.63, 3.8) is 0 Å². The predicted octanol–water partition coefficient (Wildman–Crippen LogP) is 2.64. The quantitative estimate of drug-likeness (QED) is 0.690. The van der Waals surface area contributed by atoms with Crippen molar-refractivity contribution >= 4 is 17.9 Å². The molecule has 20 heavy (non-hydrogen) atoms. The van der Waals surface area contributed by atoms with Crippen LogP contribution in [0.3, 0.4) is 0 Å². The maximum absolute atomic E-state index is 11.8. The van der Waals surface area contributed by atoms with Gasteiger partial charge in [-0.2, -0.15) is 0 Å². The number of carboxylic acid groups (broad SMARTS) is 1. The van der Waals surface area contributed by atoms with Crippen LogP contribution in [-0.4, -0.2) is 35.2 Å². The molecular weight excluding hydrogens is 264 g/mol. The van der Waals surface area contributed by atoms with E-state index in [0.717, 1.165) is 0 Å². The third-order valence-corrected chi connectivity index (χ3v) is 2.71. The Bertz CT molecular complexity index is 348. The molecule has 0 radical (unpaired) electrons. The zero-order valence-corrected chi connectivity index (χ0v) is 12.7. The maximum Gasteiger partial charge on any atom is 0.508 e. The van der Waals surface area contributed by atoms with E-state index in [9.17, 15) is 14.4 Å². The highest BCUT2D eigenvalue weighted by Gasteiger charge is 2.26. The minimum atomic E-state index is -0.985. The van der Waals surface area contributed by atoms with Crippen molar-refractivity contribution in [1.29, 1.82) is 0 Å². The van der Waals surface area contributed by atoms with E-state index in [0.29, 0.717) is 0 Å². The first-order valence-corrected chi connectivity index (χ1v) is 6.75. The van der Waals surface area contributed by atoms with Crippen LogP contribution in [0.2, 0.25) is 0 Å². The molecule has 0 rings (SSSR count). The van der Waals surface area contributed by atoms with Crippen LogP contribution in [0.15, 0.2) is 0 Å². The minimum absolute atomic E-state index is 0.0102. The van der Waals surface area contributed by atoms with Gasteiger partial charge in [0.25, 0.3) is 0 Å². The van der Waals surface area contributed by atoms with Gasteiger partial charge in [-0.15, -0.1) is 0 Å². The number of ketones is 1. The third-order valence-electron chi connectivity index (χ3n) is 2.71. The molecule has 2 atom stereocenters. The minimum Gasteiger partial charge on any atom is -0.481 e. The predicted molar refractivity (Wildman–Crippen MR) is 72.4 cm³/mol. The number of carbonyl (C=O) groups excluding carboxylic acids is 2. The van der Waals surface area contributed by atoms with Crippen molar-refractivity contribution in [1.82, 2.24) is 0 Å². The first-order valence-electron chi connectivity index (χ1n) is 6.75. The molecule has 0 saturated carbocycles. The van der Waals surface area contributed by atoms with Crippen molar-refractivity contribution in [3.05, 3.63) is 0 Å². The number of carboxylic acids is 1. The van der Waals surface area contributed by atoms with Gasteiger partial charge in [0.1, 0.15) is 11.9 Å². The molecule has 2 unspecified atom stereocenters. The fraction of sp³-hybridized carbons (Fsp3) is 0.786. The number of carbonyl (C=O) groups is 3. The van der Waals surface area contributed by atoms with E-state index in [1.54, 1.807) is 34.6 Å². The fourth-order valence-corrected chi connectivity index (χ4v) is 1.68. The highest BCUT2D eigenvalue weighted by atomic mass is 16.7. The van der Waals surface area contributed by atoms with Crippen molar-refractivity contribution in [2.75, 3.05) is 0 Å². The Morgan fingerprint density at radius 2 is 1.50 bits per heavy atom. The molecule has 0 aliphatic heterocycles. The topological polar surface area (TPSA) is 89.9 Å². The lowest BCUT2D eigenvalue weighted by Gasteiger charge is -2.17. The Labute approximate surface area is 119 Å². The van der Waals surface area contributed by atoms with Crippen LogP contribution in [0.25, 0.3) is 0 Å². The zero-order chi connectivity index (χ0) is 15.9. The van der Waals surface area contributed by atoms with Gasteiger partial charge in [-0.3, -0.25) is 9.59 Å². The van der Waals surface area contributed by atoms with Crippen LogP contribution < -0.4 is 0 Å². The first kappa shape index (κ1) is 18.4. The van der Waals surface area contributed by atoms with E-state index < -0.39 is 24.1 Å². The molecule has 0 spiro atoms. The SMILES string of the molecule is CC(C)OC(=O)OC(C)CC(=O)CC(C(=O)O)C(C)C. The second kappa shape index (κ2) is 8.55. The molecule has 0 amide bonds. The van der Waals surface area contributed by atoms with Crippen LogP contribution in [-0.2, 0) is 19.1 Å². The Hall–Kier alpha value is -1.59. The largest absolute Gasteiger partial charge is 0.508 e. The van der Waals surface area contributed by atoms with Crippen molar-refractivity contribution in [2.24, 2.45) is 11.8 Å². The van der Waals surface area contributed by atoms with E-state index in [2.05, 4.69) is 0 Å². The summed E-state index contributed by atoms with van der Waals surface area (Å²) in [5.41, 5.74) is 0. The Morgan fingerprint density at radius 1 is 0.950 bits per heavy atom. The Balaban J connectivity index is 4.25. The van der Waals surface area contributed by atoms with Crippen molar-refractivity contribution in [3.8, 4) is 0 Å². The lowest BCUT2D eigenvalue weighted by atomic mass is 9.89. The van der Waals surface area contributed by atoms with E-state index in [1.165, 1.54) is 0 Å². The van der Waals surface area contributed by atoms with Gasteiger partial charge in [-0.1, -0.05) is 13.8 Å². The smallest absolute Gasteiger partial charge is 0.481 e. The van der Waals surface area contributed by atoms with Crippen molar-refractivity contribution < 1.29 is 29.0 Å². The van der Waals surface area contributed by atoms with Gasteiger partial charge in [0, 0.05) is 12.8 Å². The monoisotopic (exact) mass is 288 g/mol. The number of hydrogen-bond donors (Lipinski definition) is 1. The average molecular weight is 288 g/mol. The number of rotatable bonds is 8. The van der Waals surface area contributed by atoms with Gasteiger partial charge in [-0.25, -0.2) is 4.79 Å². The van der Waals surface area contributed by atoms with Gasteiger partial charge in [-0.05, 0) is 26.7 Å². The molecule has 0 aliphatic carbocycles. The third kappa shape index (κ3) is 7.76. The van der Waals surface area contributed by atoms with Crippen LogP contribution in [0.4, 0.5) is 4.79 Å². The van der Waals surface area contributed by atoms with Crippen LogP contribution in [0, 0.1) is 11.8 Å². The number of hydrogen-bond acceptors (Lipinski definition) is 5. The zero-order valence-electron chi connectivity index (χ0n) is 12.7. The Morgan fingerprint density at radius 3 is 1.90 bits per heavy atom. The van der Waals surface area contributed by atoms with E-state index in [-0.39, 0.29) is 30.6 Å². The van der Waals surface area contributed by atoms with Gasteiger partial charge < -0.3 is 14.6 Å². The molecule has 0 aliphatic rings. The van der Waals surface area contributed by atoms with Crippen LogP contribution in [0.1, 0.15) is 47.5 Å². The van der Waals surface area contributed by atoms with Crippen molar-refractivity contribution in [2.45, 2.75) is 59.7 Å². The van der Waals surface area contributed by atoms with Gasteiger partial charge in [0.05, 0.1) is 12.0 Å². The van der Waals surface area contributed by atoms with Crippen LogP contribution in [0.5, 0.6) is 0 Å². The lowest BCUT2D eigenvalue weighted by Crippen LogP contribution is -2.26. The second-order valence-electron chi connectivity index (χ2n) is 5.48. The van der Waals surface area contributed by atoms with Gasteiger partial charge in [0.15, 0.2) is 0 Å². The summed E-state index contributed by atoms with van der Waals surface area (Å²) in [7, 11) is 0. The summed E-state index contributed by atoms with van der Waals surface area (Å²) in [5, 5.41) is 9.01. The van der Waals surface area contributed by atoms with Crippen LogP contribution >= 0.6 is 0 Å². The Kier molecular flexibility index (Phi) is 7.87. The molecule has 0 aromatic carbocycles. The standard InChI is InChI=1S/C14H24O6/c1-8(2)12(13(16)17)7-11(15)6-10(5)20-14(18)19-9(3)4/h8-10,12H,6-7H2,1-5H3,(H,16,17). The van der Waals surface area contributed by atoms with E-state index in [4.69, 9.17) is 14.6 Å². The normalized spacial score (nSPS) is 13.9. The molecule has 0 fully saturated rings. The highest BCUT2D eigenvalue weighted by Crippen LogP contribution is 2.17. The summed E-state index contributed by atoms with van der Waals surface area (Å²) in [4.78, 5) is 34.0. The van der Waals surface area contributed by atoms with Gasteiger partial charge in [0.2, 0.25) is 0 Å². The summed E-state index contributed by atoms with van der Waals surface area (Å²) in [6.07, 6.45) is -1.80. The fourth-order valence-electron chi connectivity index (χ4n) is 1.68. The number of Topliss-reactive ketones (excluding diaryl/α,β-unsaturated/α-hetero) is 1. The molecule has 6 heteroatoms. The van der Waals surface area contributed by atoms with E-state index in [1.807, 2.05) is 0 Å². The second-order valence-corrected chi connectivity index (χ2v) is 5.48. The first-order chi connectivity index (χ1) is 9.13. The molecule has 0 aromatic heterocycles.